The number of hydrogen-bond donors (Lipinski definition) is 0. The Labute approximate surface area is 117 Å². The van der Waals surface area contributed by atoms with Crippen LogP contribution < -0.4 is 0 Å². The summed E-state index contributed by atoms with van der Waals surface area (Å²) in [4.78, 5) is 14.2. The summed E-state index contributed by atoms with van der Waals surface area (Å²) in [5, 5.41) is 0. The minimum atomic E-state index is 0.276. The summed E-state index contributed by atoms with van der Waals surface area (Å²) in [7, 11) is 0. The van der Waals surface area contributed by atoms with E-state index in [0.717, 1.165) is 12.8 Å². The Balaban J connectivity index is 2.07. The molecular weight excluding hydrogens is 234 g/mol. The number of carbonyl (C=O) groups is 1. The molecule has 0 bridgehead atoms. The van der Waals surface area contributed by atoms with Gasteiger partial charge in [0, 0.05) is 25.2 Å². The molecule has 0 unspecified atom stereocenters. The highest BCUT2D eigenvalue weighted by molar-refractivity contribution is 5.90. The monoisotopic (exact) mass is 261 g/mol. The second-order valence-corrected chi connectivity index (χ2v) is 5.78. The molecule has 2 aliphatic rings. The van der Waals surface area contributed by atoms with Crippen molar-refractivity contribution in [1.29, 1.82) is 0 Å². The first-order chi connectivity index (χ1) is 9.31. The summed E-state index contributed by atoms with van der Waals surface area (Å²) >= 11 is 0. The van der Waals surface area contributed by atoms with E-state index >= 15 is 0 Å². The molecule has 1 fully saturated rings. The number of allylic oxidation sites excluding steroid dienone is 4. The molecule has 0 aromatic carbocycles. The van der Waals surface area contributed by atoms with Crippen LogP contribution in [0.1, 0.15) is 64.7 Å². The van der Waals surface area contributed by atoms with Gasteiger partial charge in [-0.2, -0.15) is 0 Å². The maximum atomic E-state index is 11.6. The van der Waals surface area contributed by atoms with E-state index in [1.54, 1.807) is 0 Å². The van der Waals surface area contributed by atoms with Crippen LogP contribution in [0.25, 0.3) is 0 Å². The molecule has 2 rings (SSSR count). The molecule has 0 spiro atoms. The number of rotatable bonds is 5. The maximum Gasteiger partial charge on any atom is 0.155 e. The summed E-state index contributed by atoms with van der Waals surface area (Å²) in [6.45, 7) is 4.50. The van der Waals surface area contributed by atoms with Crippen LogP contribution in [0.4, 0.5) is 0 Å². The predicted octanol–water partition coefficient (Wildman–Crippen LogP) is 4.23. The molecule has 1 aliphatic carbocycles. The zero-order chi connectivity index (χ0) is 13.5. The van der Waals surface area contributed by atoms with E-state index in [1.807, 2.05) is 6.08 Å². The summed E-state index contributed by atoms with van der Waals surface area (Å²) < 4.78 is 0. The molecule has 0 saturated carbocycles. The minimum absolute atomic E-state index is 0.276. The average molecular weight is 261 g/mol. The van der Waals surface area contributed by atoms with Crippen molar-refractivity contribution < 1.29 is 4.79 Å². The first-order valence-corrected chi connectivity index (χ1v) is 7.99. The fourth-order valence-electron chi connectivity index (χ4n) is 3.14. The van der Waals surface area contributed by atoms with Gasteiger partial charge in [0.1, 0.15) is 0 Å². The molecule has 1 heterocycles. The van der Waals surface area contributed by atoms with Crippen molar-refractivity contribution in [2.45, 2.75) is 64.7 Å². The van der Waals surface area contributed by atoms with E-state index < -0.39 is 0 Å². The standard InChI is InChI=1S/C17H27NO/c1-2-8-16(19)12-11-15-9-4-5-10-17(15)18-13-6-3-7-14-18/h11-12H,2-10,13-14H2,1H3/b12-11-. The fraction of sp³-hybridized carbons (Fsp3) is 0.706. The first-order valence-electron chi connectivity index (χ1n) is 7.99. The summed E-state index contributed by atoms with van der Waals surface area (Å²) in [5.41, 5.74) is 2.96. The van der Waals surface area contributed by atoms with Crippen LogP contribution in [0, 0.1) is 0 Å². The second kappa shape index (κ2) is 7.52. The molecule has 1 aliphatic heterocycles. The third-order valence-corrected chi connectivity index (χ3v) is 4.18. The highest BCUT2D eigenvalue weighted by atomic mass is 16.1. The van der Waals surface area contributed by atoms with Crippen molar-refractivity contribution in [2.24, 2.45) is 0 Å². The van der Waals surface area contributed by atoms with Crippen molar-refractivity contribution >= 4 is 5.78 Å². The van der Waals surface area contributed by atoms with Crippen LogP contribution in [-0.2, 0) is 4.79 Å². The number of ketones is 1. The number of likely N-dealkylation sites (tertiary alicyclic amines) is 1. The SMILES string of the molecule is CCCC(=O)/C=C\C1=C(N2CCCCC2)CCCC1. The van der Waals surface area contributed by atoms with Gasteiger partial charge in [-0.1, -0.05) is 13.0 Å². The van der Waals surface area contributed by atoms with Gasteiger partial charge in [-0.25, -0.2) is 0 Å². The van der Waals surface area contributed by atoms with E-state index in [0.29, 0.717) is 6.42 Å². The molecule has 106 valence electrons. The van der Waals surface area contributed by atoms with Gasteiger partial charge in [-0.3, -0.25) is 4.79 Å². The predicted molar refractivity (Wildman–Crippen MR) is 80.0 cm³/mol. The van der Waals surface area contributed by atoms with E-state index in [1.165, 1.54) is 62.9 Å². The summed E-state index contributed by atoms with van der Waals surface area (Å²) in [6, 6.07) is 0. The molecule has 0 radical (unpaired) electrons. The van der Waals surface area contributed by atoms with Gasteiger partial charge in [-0.15, -0.1) is 0 Å². The van der Waals surface area contributed by atoms with E-state index in [2.05, 4.69) is 17.9 Å². The van der Waals surface area contributed by atoms with Crippen LogP contribution in [0.15, 0.2) is 23.4 Å². The summed E-state index contributed by atoms with van der Waals surface area (Å²) in [6.07, 6.45) is 14.5. The lowest BCUT2D eigenvalue weighted by molar-refractivity contribution is -0.114. The normalized spacial score (nSPS) is 21.2. The van der Waals surface area contributed by atoms with Crippen molar-refractivity contribution in [3.63, 3.8) is 0 Å². The smallest absolute Gasteiger partial charge is 0.155 e. The topological polar surface area (TPSA) is 20.3 Å². The lowest BCUT2D eigenvalue weighted by atomic mass is 9.93. The lowest BCUT2D eigenvalue weighted by Crippen LogP contribution is -2.30. The Hall–Kier alpha value is -1.05. The third-order valence-electron chi connectivity index (χ3n) is 4.18. The van der Waals surface area contributed by atoms with Gasteiger partial charge < -0.3 is 4.90 Å². The van der Waals surface area contributed by atoms with Crippen molar-refractivity contribution in [2.75, 3.05) is 13.1 Å². The highest BCUT2D eigenvalue weighted by Gasteiger charge is 2.18. The number of hydrogen-bond acceptors (Lipinski definition) is 2. The van der Waals surface area contributed by atoms with E-state index in [4.69, 9.17) is 0 Å². The van der Waals surface area contributed by atoms with Crippen molar-refractivity contribution in [1.82, 2.24) is 4.90 Å². The largest absolute Gasteiger partial charge is 0.375 e. The summed E-state index contributed by atoms with van der Waals surface area (Å²) in [5.74, 6) is 0.276. The van der Waals surface area contributed by atoms with Gasteiger partial charge >= 0.3 is 0 Å². The Morgan fingerprint density at radius 3 is 2.58 bits per heavy atom. The molecule has 0 aromatic rings. The number of carbonyl (C=O) groups excluding carboxylic acids is 1. The molecule has 0 amide bonds. The number of nitrogens with zero attached hydrogens (tertiary/aromatic N) is 1. The molecule has 0 atom stereocenters. The molecule has 1 saturated heterocycles. The van der Waals surface area contributed by atoms with Crippen LogP contribution in [0.5, 0.6) is 0 Å². The Bertz CT molecular complexity index is 361. The van der Waals surface area contributed by atoms with Gasteiger partial charge in [0.2, 0.25) is 0 Å². The fourth-order valence-corrected chi connectivity index (χ4v) is 3.14. The Morgan fingerprint density at radius 1 is 1.11 bits per heavy atom. The molecule has 2 nitrogen and oxygen atoms in total. The molecule has 0 aromatic heterocycles. The average Bonchev–Trinajstić information content (AvgIpc) is 2.47. The molecule has 19 heavy (non-hydrogen) atoms. The second-order valence-electron chi connectivity index (χ2n) is 5.78. The minimum Gasteiger partial charge on any atom is -0.375 e. The van der Waals surface area contributed by atoms with Gasteiger partial charge in [0.15, 0.2) is 5.78 Å². The zero-order valence-corrected chi connectivity index (χ0v) is 12.3. The van der Waals surface area contributed by atoms with Crippen LogP contribution in [0.2, 0.25) is 0 Å². The highest BCUT2D eigenvalue weighted by Crippen LogP contribution is 2.30. The van der Waals surface area contributed by atoms with Crippen LogP contribution in [-0.4, -0.2) is 23.8 Å². The number of piperidine rings is 1. The van der Waals surface area contributed by atoms with E-state index in [9.17, 15) is 4.79 Å². The van der Waals surface area contributed by atoms with Crippen molar-refractivity contribution in [3.8, 4) is 0 Å². The Kier molecular flexibility index (Phi) is 5.68. The first kappa shape index (κ1) is 14.4. The third kappa shape index (κ3) is 4.22. The van der Waals surface area contributed by atoms with Gasteiger partial charge in [-0.05, 0) is 63.0 Å². The maximum absolute atomic E-state index is 11.6. The van der Waals surface area contributed by atoms with Crippen LogP contribution >= 0.6 is 0 Å². The van der Waals surface area contributed by atoms with Crippen molar-refractivity contribution in [3.05, 3.63) is 23.4 Å². The van der Waals surface area contributed by atoms with Gasteiger partial charge in [0.05, 0.1) is 0 Å². The van der Waals surface area contributed by atoms with Gasteiger partial charge in [0.25, 0.3) is 0 Å². The quantitative estimate of drug-likeness (QED) is 0.690. The van der Waals surface area contributed by atoms with E-state index in [-0.39, 0.29) is 5.78 Å². The van der Waals surface area contributed by atoms with Crippen LogP contribution in [0.3, 0.4) is 0 Å². The molecule has 2 heteroatoms. The lowest BCUT2D eigenvalue weighted by Gasteiger charge is -2.34. The molecule has 0 N–H and O–H groups in total. The molecular formula is C17H27NO. The zero-order valence-electron chi connectivity index (χ0n) is 12.3. The Morgan fingerprint density at radius 2 is 1.84 bits per heavy atom.